The molecule has 6 nitrogen and oxygen atoms in total. The lowest BCUT2D eigenvalue weighted by atomic mass is 10.4. The molecule has 18 heavy (non-hydrogen) atoms. The second-order valence-electron chi connectivity index (χ2n) is 4.13. The molecule has 0 aliphatic carbocycles. The van der Waals surface area contributed by atoms with Gasteiger partial charge >= 0.3 is 0 Å². The minimum absolute atomic E-state index is 0.144. The molecule has 0 amide bonds. The van der Waals surface area contributed by atoms with Gasteiger partial charge in [-0.2, -0.15) is 0 Å². The molecule has 2 aromatic rings. The molecule has 2 aromatic heterocycles. The second kappa shape index (κ2) is 4.95. The van der Waals surface area contributed by atoms with Gasteiger partial charge in [0.25, 0.3) is 5.56 Å². The van der Waals surface area contributed by atoms with E-state index < -0.39 is 0 Å². The molecule has 0 aromatic carbocycles. The molecule has 0 aliphatic heterocycles. The fourth-order valence-electron chi connectivity index (χ4n) is 1.71. The highest BCUT2D eigenvalue weighted by atomic mass is 16.1. The summed E-state index contributed by atoms with van der Waals surface area (Å²) >= 11 is 0. The van der Waals surface area contributed by atoms with Gasteiger partial charge in [-0.15, -0.1) is 0 Å². The molecule has 2 heterocycles. The van der Waals surface area contributed by atoms with Crippen LogP contribution in [0.25, 0.3) is 0 Å². The molecular weight excluding hydrogens is 230 g/mol. The predicted octanol–water partition coefficient (Wildman–Crippen LogP) is 1.10. The van der Waals surface area contributed by atoms with Crippen molar-refractivity contribution in [1.29, 1.82) is 0 Å². The van der Waals surface area contributed by atoms with Crippen LogP contribution in [0.1, 0.15) is 23.0 Å². The topological polar surface area (TPSA) is 83.6 Å². The van der Waals surface area contributed by atoms with Gasteiger partial charge in [0.2, 0.25) is 0 Å². The first-order valence-electron chi connectivity index (χ1n) is 5.66. The van der Waals surface area contributed by atoms with E-state index in [1.54, 1.807) is 6.92 Å². The monoisotopic (exact) mass is 245 g/mol. The van der Waals surface area contributed by atoms with E-state index >= 15 is 0 Å². The quantitative estimate of drug-likeness (QED) is 0.846. The minimum Gasteiger partial charge on any atom is -0.363 e. The number of hydrogen-bond donors (Lipinski definition) is 2. The Balaban J connectivity index is 2.13. The number of nitrogens with one attached hydrogen (secondary N) is 2. The van der Waals surface area contributed by atoms with Gasteiger partial charge in [-0.3, -0.25) is 4.79 Å². The number of H-pyrrole nitrogens is 1. The first kappa shape index (κ1) is 12.2. The zero-order chi connectivity index (χ0) is 13.1. The molecule has 0 radical (unpaired) electrons. The van der Waals surface area contributed by atoms with Crippen LogP contribution in [0.2, 0.25) is 0 Å². The van der Waals surface area contributed by atoms with Crippen LogP contribution >= 0.6 is 0 Å². The van der Waals surface area contributed by atoms with Crippen molar-refractivity contribution in [3.63, 3.8) is 0 Å². The maximum Gasteiger partial charge on any atom is 0.251 e. The number of anilines is 1. The van der Waals surface area contributed by atoms with Crippen LogP contribution in [-0.2, 0) is 6.54 Å². The molecule has 0 saturated carbocycles. The summed E-state index contributed by atoms with van der Waals surface area (Å²) < 4.78 is 0. The van der Waals surface area contributed by atoms with E-state index in [-0.39, 0.29) is 5.56 Å². The standard InChI is InChI=1S/C12H15N5O/c1-7-4-10(16-9(3)14-7)13-6-11-15-8(2)5-12(18)17-11/h4-5H,6H2,1-3H3,(H,13,14,16)(H,15,17,18). The molecule has 0 bridgehead atoms. The summed E-state index contributed by atoms with van der Waals surface area (Å²) in [7, 11) is 0. The van der Waals surface area contributed by atoms with Gasteiger partial charge in [0.05, 0.1) is 6.54 Å². The van der Waals surface area contributed by atoms with Crippen LogP contribution in [-0.4, -0.2) is 19.9 Å². The number of nitrogens with zero attached hydrogens (tertiary/aromatic N) is 3. The van der Waals surface area contributed by atoms with Crippen molar-refractivity contribution in [1.82, 2.24) is 19.9 Å². The SMILES string of the molecule is Cc1cc(NCc2nc(C)cc(=O)[nH]2)nc(C)n1. The summed E-state index contributed by atoms with van der Waals surface area (Å²) in [4.78, 5) is 26.6. The van der Waals surface area contributed by atoms with Crippen LogP contribution in [0, 0.1) is 20.8 Å². The molecule has 2 N–H and O–H groups in total. The Morgan fingerprint density at radius 2 is 1.83 bits per heavy atom. The summed E-state index contributed by atoms with van der Waals surface area (Å²) in [6, 6.07) is 3.31. The highest BCUT2D eigenvalue weighted by Crippen LogP contribution is 2.06. The summed E-state index contributed by atoms with van der Waals surface area (Å²) in [6.45, 7) is 5.96. The molecule has 0 atom stereocenters. The fraction of sp³-hybridized carbons (Fsp3) is 0.333. The first-order valence-corrected chi connectivity index (χ1v) is 5.66. The number of rotatable bonds is 3. The van der Waals surface area contributed by atoms with Gasteiger partial charge in [0.15, 0.2) is 0 Å². The van der Waals surface area contributed by atoms with Gasteiger partial charge in [0.1, 0.15) is 17.5 Å². The minimum atomic E-state index is -0.144. The average Bonchev–Trinajstić information content (AvgIpc) is 2.23. The number of aromatic nitrogens is 4. The van der Waals surface area contributed by atoms with Crippen LogP contribution < -0.4 is 10.9 Å². The van der Waals surface area contributed by atoms with Crippen molar-refractivity contribution < 1.29 is 0 Å². The Kier molecular flexibility index (Phi) is 3.36. The van der Waals surface area contributed by atoms with Crippen molar-refractivity contribution in [2.45, 2.75) is 27.3 Å². The number of aromatic amines is 1. The Morgan fingerprint density at radius 1 is 1.11 bits per heavy atom. The largest absolute Gasteiger partial charge is 0.363 e. The molecule has 0 unspecified atom stereocenters. The lowest BCUT2D eigenvalue weighted by Crippen LogP contribution is -2.14. The third kappa shape index (κ3) is 3.13. The Hall–Kier alpha value is -2.24. The van der Waals surface area contributed by atoms with Crippen molar-refractivity contribution >= 4 is 5.82 Å². The maximum atomic E-state index is 11.3. The van der Waals surface area contributed by atoms with Crippen LogP contribution in [0.15, 0.2) is 16.9 Å². The molecule has 2 rings (SSSR count). The van der Waals surface area contributed by atoms with E-state index in [1.165, 1.54) is 6.07 Å². The van der Waals surface area contributed by atoms with Crippen molar-refractivity contribution in [3.8, 4) is 0 Å². The Morgan fingerprint density at radius 3 is 2.50 bits per heavy atom. The van der Waals surface area contributed by atoms with Gasteiger partial charge < -0.3 is 10.3 Å². The summed E-state index contributed by atoms with van der Waals surface area (Å²) in [6.07, 6.45) is 0. The lowest BCUT2D eigenvalue weighted by Gasteiger charge is -2.06. The molecule has 94 valence electrons. The van der Waals surface area contributed by atoms with Crippen molar-refractivity contribution in [2.24, 2.45) is 0 Å². The summed E-state index contributed by atoms with van der Waals surface area (Å²) in [5.41, 5.74) is 1.45. The van der Waals surface area contributed by atoms with Gasteiger partial charge in [0, 0.05) is 23.5 Å². The summed E-state index contributed by atoms with van der Waals surface area (Å²) in [5.74, 6) is 2.03. The Labute approximate surface area is 105 Å². The van der Waals surface area contributed by atoms with E-state index in [0.29, 0.717) is 23.9 Å². The van der Waals surface area contributed by atoms with E-state index in [1.807, 2.05) is 19.9 Å². The average molecular weight is 245 g/mol. The van der Waals surface area contributed by atoms with Crippen LogP contribution in [0.4, 0.5) is 5.82 Å². The molecule has 0 aliphatic rings. The normalized spacial score (nSPS) is 10.4. The lowest BCUT2D eigenvalue weighted by molar-refractivity contribution is 0.894. The highest BCUT2D eigenvalue weighted by Gasteiger charge is 2.01. The maximum absolute atomic E-state index is 11.3. The fourth-order valence-corrected chi connectivity index (χ4v) is 1.71. The number of aryl methyl sites for hydroxylation is 3. The van der Waals surface area contributed by atoms with Gasteiger partial charge in [-0.05, 0) is 20.8 Å². The summed E-state index contributed by atoms with van der Waals surface area (Å²) in [5, 5.41) is 3.11. The highest BCUT2D eigenvalue weighted by molar-refractivity contribution is 5.35. The van der Waals surface area contributed by atoms with E-state index in [4.69, 9.17) is 0 Å². The smallest absolute Gasteiger partial charge is 0.251 e. The zero-order valence-electron chi connectivity index (χ0n) is 10.6. The van der Waals surface area contributed by atoms with Gasteiger partial charge in [-0.1, -0.05) is 0 Å². The number of hydrogen-bond acceptors (Lipinski definition) is 5. The predicted molar refractivity (Wildman–Crippen MR) is 68.4 cm³/mol. The van der Waals surface area contributed by atoms with E-state index in [0.717, 1.165) is 11.5 Å². The van der Waals surface area contributed by atoms with Crippen molar-refractivity contribution in [3.05, 3.63) is 45.5 Å². The Bertz CT molecular complexity index is 600. The van der Waals surface area contributed by atoms with Gasteiger partial charge in [-0.25, -0.2) is 15.0 Å². The molecule has 0 spiro atoms. The van der Waals surface area contributed by atoms with Crippen LogP contribution in [0.3, 0.4) is 0 Å². The first-order chi connectivity index (χ1) is 8.52. The zero-order valence-corrected chi connectivity index (χ0v) is 10.6. The third-order valence-electron chi connectivity index (χ3n) is 2.32. The molecular formula is C12H15N5O. The molecule has 0 saturated heterocycles. The molecule has 6 heteroatoms. The van der Waals surface area contributed by atoms with E-state index in [2.05, 4.69) is 25.3 Å². The third-order valence-corrected chi connectivity index (χ3v) is 2.32. The van der Waals surface area contributed by atoms with E-state index in [9.17, 15) is 4.79 Å². The molecule has 0 fully saturated rings. The van der Waals surface area contributed by atoms with Crippen LogP contribution in [0.5, 0.6) is 0 Å². The second-order valence-corrected chi connectivity index (χ2v) is 4.13. The van der Waals surface area contributed by atoms with Crippen molar-refractivity contribution in [2.75, 3.05) is 5.32 Å².